The second-order valence-electron chi connectivity index (χ2n) is 7.22. The zero-order valence-corrected chi connectivity index (χ0v) is 16.7. The van der Waals surface area contributed by atoms with Crippen LogP contribution in [0.3, 0.4) is 0 Å². The minimum Gasteiger partial charge on any atom is -0.495 e. The fraction of sp³-hybridized carbons (Fsp3) is 0.409. The van der Waals surface area contributed by atoms with Crippen LogP contribution in [0.4, 0.5) is 5.69 Å². The standard InChI is InChI=1S/C22H27N3O4/c1-27-19-5-3-2-4-18(19)23-9-8-22(26)25-12-10-24(11-13-25)15-17-6-7-20-21(14-17)29-16-28-20/h2-7,14,23H,8-13,15-16H2,1H3. The Balaban J connectivity index is 1.20. The molecule has 2 aromatic carbocycles. The van der Waals surface area contributed by atoms with Crippen molar-refractivity contribution in [2.45, 2.75) is 13.0 Å². The number of rotatable bonds is 7. The summed E-state index contributed by atoms with van der Waals surface area (Å²) in [5, 5.41) is 3.29. The van der Waals surface area contributed by atoms with Crippen LogP contribution in [0.5, 0.6) is 17.2 Å². The molecular formula is C22H27N3O4. The Hall–Kier alpha value is -2.93. The third-order valence-electron chi connectivity index (χ3n) is 5.33. The van der Waals surface area contributed by atoms with Crippen LogP contribution in [0.25, 0.3) is 0 Å². The largest absolute Gasteiger partial charge is 0.495 e. The van der Waals surface area contributed by atoms with E-state index in [1.807, 2.05) is 41.3 Å². The van der Waals surface area contributed by atoms with Gasteiger partial charge in [-0.2, -0.15) is 0 Å². The summed E-state index contributed by atoms with van der Waals surface area (Å²) in [7, 11) is 1.65. The number of hydrogen-bond donors (Lipinski definition) is 1. The lowest BCUT2D eigenvalue weighted by Gasteiger charge is -2.35. The van der Waals surface area contributed by atoms with Crippen LogP contribution in [-0.4, -0.2) is 62.3 Å². The van der Waals surface area contributed by atoms with Crippen LogP contribution in [-0.2, 0) is 11.3 Å². The highest BCUT2D eigenvalue weighted by Gasteiger charge is 2.21. The molecule has 1 N–H and O–H groups in total. The minimum atomic E-state index is 0.190. The van der Waals surface area contributed by atoms with Crippen LogP contribution < -0.4 is 19.5 Å². The van der Waals surface area contributed by atoms with Crippen molar-refractivity contribution in [1.29, 1.82) is 0 Å². The molecule has 7 nitrogen and oxygen atoms in total. The molecule has 2 aliphatic heterocycles. The molecule has 7 heteroatoms. The van der Waals surface area contributed by atoms with Crippen molar-refractivity contribution >= 4 is 11.6 Å². The first-order valence-electron chi connectivity index (χ1n) is 9.98. The average molecular weight is 397 g/mol. The summed E-state index contributed by atoms with van der Waals surface area (Å²) in [5.74, 6) is 2.61. The number of carbonyl (C=O) groups is 1. The summed E-state index contributed by atoms with van der Waals surface area (Å²) in [5.41, 5.74) is 2.12. The second kappa shape index (κ2) is 9.05. The fourth-order valence-electron chi connectivity index (χ4n) is 3.71. The first-order valence-corrected chi connectivity index (χ1v) is 9.98. The van der Waals surface area contributed by atoms with Gasteiger partial charge in [0.2, 0.25) is 12.7 Å². The molecule has 0 aliphatic carbocycles. The van der Waals surface area contributed by atoms with Gasteiger partial charge in [-0.15, -0.1) is 0 Å². The normalized spacial score (nSPS) is 16.0. The van der Waals surface area contributed by atoms with Gasteiger partial charge in [-0.05, 0) is 29.8 Å². The first-order chi connectivity index (χ1) is 14.2. The van der Waals surface area contributed by atoms with Gasteiger partial charge in [-0.1, -0.05) is 18.2 Å². The molecule has 1 saturated heterocycles. The summed E-state index contributed by atoms with van der Waals surface area (Å²) in [6, 6.07) is 13.8. The second-order valence-corrected chi connectivity index (χ2v) is 7.22. The van der Waals surface area contributed by atoms with Gasteiger partial charge in [0.1, 0.15) is 5.75 Å². The van der Waals surface area contributed by atoms with E-state index in [1.54, 1.807) is 7.11 Å². The highest BCUT2D eigenvalue weighted by molar-refractivity contribution is 5.77. The Bertz CT molecular complexity index is 850. The number of hydrogen-bond acceptors (Lipinski definition) is 6. The van der Waals surface area contributed by atoms with Gasteiger partial charge in [0.05, 0.1) is 12.8 Å². The molecule has 0 bridgehead atoms. The lowest BCUT2D eigenvalue weighted by molar-refractivity contribution is -0.132. The van der Waals surface area contributed by atoms with E-state index in [-0.39, 0.29) is 5.91 Å². The number of piperazine rings is 1. The van der Waals surface area contributed by atoms with Crippen LogP contribution in [0.1, 0.15) is 12.0 Å². The smallest absolute Gasteiger partial charge is 0.231 e. The topological polar surface area (TPSA) is 63.3 Å². The lowest BCUT2D eigenvalue weighted by Crippen LogP contribution is -2.48. The molecule has 0 radical (unpaired) electrons. The van der Waals surface area contributed by atoms with Gasteiger partial charge in [0, 0.05) is 45.7 Å². The third-order valence-corrected chi connectivity index (χ3v) is 5.33. The molecule has 1 fully saturated rings. The SMILES string of the molecule is COc1ccccc1NCCC(=O)N1CCN(Cc2ccc3c(c2)OCO3)CC1. The van der Waals surface area contributed by atoms with Crippen molar-refractivity contribution in [2.24, 2.45) is 0 Å². The highest BCUT2D eigenvalue weighted by atomic mass is 16.7. The number of nitrogens with zero attached hydrogens (tertiary/aromatic N) is 2. The molecule has 2 aliphatic rings. The van der Waals surface area contributed by atoms with Crippen LogP contribution in [0, 0.1) is 0 Å². The van der Waals surface area contributed by atoms with Crippen molar-refractivity contribution in [3.63, 3.8) is 0 Å². The Kier molecular flexibility index (Phi) is 6.05. The van der Waals surface area contributed by atoms with Crippen LogP contribution in [0.15, 0.2) is 42.5 Å². The fourth-order valence-corrected chi connectivity index (χ4v) is 3.71. The average Bonchev–Trinajstić information content (AvgIpc) is 3.22. The van der Waals surface area contributed by atoms with E-state index in [0.29, 0.717) is 19.8 Å². The molecule has 2 aromatic rings. The predicted octanol–water partition coefficient (Wildman–Crippen LogP) is 2.57. The Morgan fingerprint density at radius 3 is 2.69 bits per heavy atom. The van der Waals surface area contributed by atoms with E-state index in [9.17, 15) is 4.79 Å². The van der Waals surface area contributed by atoms with E-state index in [0.717, 1.165) is 55.7 Å². The molecular weight excluding hydrogens is 370 g/mol. The number of fused-ring (bicyclic) bond motifs is 1. The number of anilines is 1. The van der Waals surface area contributed by atoms with Gasteiger partial charge < -0.3 is 24.4 Å². The van der Waals surface area contributed by atoms with Crippen molar-refractivity contribution < 1.29 is 19.0 Å². The number of methoxy groups -OCH3 is 1. The first kappa shape index (κ1) is 19.4. The Morgan fingerprint density at radius 2 is 1.86 bits per heavy atom. The number of nitrogens with one attached hydrogen (secondary N) is 1. The number of ether oxygens (including phenoxy) is 3. The lowest BCUT2D eigenvalue weighted by atomic mass is 10.1. The van der Waals surface area contributed by atoms with Gasteiger partial charge in [0.15, 0.2) is 11.5 Å². The molecule has 1 amide bonds. The molecule has 154 valence electrons. The third kappa shape index (κ3) is 4.74. The van der Waals surface area contributed by atoms with Gasteiger partial charge in [-0.3, -0.25) is 9.69 Å². The van der Waals surface area contributed by atoms with Crippen molar-refractivity contribution in [2.75, 3.05) is 51.9 Å². The highest BCUT2D eigenvalue weighted by Crippen LogP contribution is 2.32. The van der Waals surface area contributed by atoms with E-state index in [4.69, 9.17) is 14.2 Å². The summed E-state index contributed by atoms with van der Waals surface area (Å²) in [6.45, 7) is 5.02. The van der Waals surface area contributed by atoms with E-state index < -0.39 is 0 Å². The van der Waals surface area contributed by atoms with Crippen molar-refractivity contribution in [3.8, 4) is 17.2 Å². The zero-order valence-electron chi connectivity index (χ0n) is 16.7. The van der Waals surface area contributed by atoms with Gasteiger partial charge >= 0.3 is 0 Å². The maximum Gasteiger partial charge on any atom is 0.231 e. The minimum absolute atomic E-state index is 0.190. The zero-order chi connectivity index (χ0) is 20.1. The van der Waals surface area contributed by atoms with E-state index in [2.05, 4.69) is 16.3 Å². The molecule has 0 aromatic heterocycles. The number of benzene rings is 2. The Morgan fingerprint density at radius 1 is 1.07 bits per heavy atom. The molecule has 4 rings (SSSR count). The van der Waals surface area contributed by atoms with Gasteiger partial charge in [-0.25, -0.2) is 0 Å². The summed E-state index contributed by atoms with van der Waals surface area (Å²) < 4.78 is 16.1. The quantitative estimate of drug-likeness (QED) is 0.775. The maximum absolute atomic E-state index is 12.5. The van der Waals surface area contributed by atoms with E-state index >= 15 is 0 Å². The molecule has 0 spiro atoms. The van der Waals surface area contributed by atoms with Crippen LogP contribution >= 0.6 is 0 Å². The summed E-state index contributed by atoms with van der Waals surface area (Å²) >= 11 is 0. The van der Waals surface area contributed by atoms with E-state index in [1.165, 1.54) is 5.56 Å². The molecule has 0 atom stereocenters. The molecule has 29 heavy (non-hydrogen) atoms. The summed E-state index contributed by atoms with van der Waals surface area (Å²) in [4.78, 5) is 16.9. The number of amides is 1. The van der Waals surface area contributed by atoms with Crippen molar-refractivity contribution in [3.05, 3.63) is 48.0 Å². The molecule has 0 unspecified atom stereocenters. The van der Waals surface area contributed by atoms with Crippen molar-refractivity contribution in [1.82, 2.24) is 9.80 Å². The monoisotopic (exact) mass is 397 g/mol. The molecule has 0 saturated carbocycles. The van der Waals surface area contributed by atoms with Gasteiger partial charge in [0.25, 0.3) is 0 Å². The van der Waals surface area contributed by atoms with Crippen LogP contribution in [0.2, 0.25) is 0 Å². The number of para-hydroxylation sites is 2. The number of carbonyl (C=O) groups excluding carboxylic acids is 1. The predicted molar refractivity (Wildman–Crippen MR) is 111 cm³/mol. The maximum atomic E-state index is 12.5. The summed E-state index contributed by atoms with van der Waals surface area (Å²) in [6.07, 6.45) is 0.472. The molecule has 2 heterocycles. The Labute approximate surface area is 171 Å².